The van der Waals surface area contributed by atoms with E-state index < -0.39 is 6.03 Å². The molecular formula is C13H13N3O2S. The molecule has 0 bridgehead atoms. The van der Waals surface area contributed by atoms with Crippen LogP contribution in [-0.2, 0) is 6.54 Å². The third-order valence-corrected chi connectivity index (χ3v) is 3.20. The van der Waals surface area contributed by atoms with Gasteiger partial charge in [0.25, 0.3) is 5.91 Å². The highest BCUT2D eigenvalue weighted by molar-refractivity contribution is 7.12. The average molecular weight is 275 g/mol. The van der Waals surface area contributed by atoms with Gasteiger partial charge in [0, 0.05) is 6.54 Å². The molecule has 1 aromatic heterocycles. The molecule has 3 N–H and O–H groups in total. The lowest BCUT2D eigenvalue weighted by atomic mass is 10.2. The minimum absolute atomic E-state index is 0.329. The zero-order valence-electron chi connectivity index (χ0n) is 10.1. The first-order chi connectivity index (χ1) is 9.25. The van der Waals surface area contributed by atoms with E-state index in [1.807, 2.05) is 30.3 Å². The molecule has 0 saturated carbocycles. The quantitative estimate of drug-likeness (QED) is 0.749. The Bertz CT molecular complexity index is 540. The SMILES string of the molecule is O=C(NCc1ccccc1)NNC(=O)c1cccs1. The maximum Gasteiger partial charge on any atom is 0.333 e. The molecule has 0 aliphatic heterocycles. The molecule has 1 heterocycles. The zero-order chi connectivity index (χ0) is 13.5. The van der Waals surface area contributed by atoms with Gasteiger partial charge in [0.15, 0.2) is 0 Å². The number of hydrogen-bond donors (Lipinski definition) is 3. The minimum Gasteiger partial charge on any atom is -0.333 e. The summed E-state index contributed by atoms with van der Waals surface area (Å²) in [5.41, 5.74) is 5.62. The molecule has 0 aliphatic carbocycles. The number of carbonyl (C=O) groups excluding carboxylic acids is 2. The summed E-state index contributed by atoms with van der Waals surface area (Å²) in [6, 6.07) is 12.5. The molecule has 0 spiro atoms. The fourth-order valence-corrected chi connectivity index (χ4v) is 2.02. The molecule has 2 aromatic rings. The minimum atomic E-state index is -0.450. The Balaban J connectivity index is 1.72. The van der Waals surface area contributed by atoms with Gasteiger partial charge in [-0.15, -0.1) is 11.3 Å². The fourth-order valence-electron chi connectivity index (χ4n) is 1.41. The highest BCUT2D eigenvalue weighted by Crippen LogP contribution is 2.06. The standard InChI is InChI=1S/C13H13N3O2S/c17-12(11-7-4-8-19-11)15-16-13(18)14-9-10-5-2-1-3-6-10/h1-8H,9H2,(H,15,17)(H2,14,16,18). The Kier molecular flexibility index (Phi) is 4.52. The Morgan fingerprint density at radius 1 is 1.00 bits per heavy atom. The molecule has 2 rings (SSSR count). The average Bonchev–Trinajstić information content (AvgIpc) is 2.98. The van der Waals surface area contributed by atoms with E-state index in [-0.39, 0.29) is 5.91 Å². The van der Waals surface area contributed by atoms with Crippen LogP contribution in [0.15, 0.2) is 47.8 Å². The second kappa shape index (κ2) is 6.55. The number of urea groups is 1. The van der Waals surface area contributed by atoms with Crippen LogP contribution in [0.1, 0.15) is 15.2 Å². The Morgan fingerprint density at radius 3 is 2.47 bits per heavy atom. The third-order valence-electron chi connectivity index (χ3n) is 2.33. The van der Waals surface area contributed by atoms with Gasteiger partial charge in [0.1, 0.15) is 0 Å². The van der Waals surface area contributed by atoms with Crippen LogP contribution in [0.5, 0.6) is 0 Å². The zero-order valence-corrected chi connectivity index (χ0v) is 10.9. The predicted molar refractivity (Wildman–Crippen MR) is 73.6 cm³/mol. The van der Waals surface area contributed by atoms with E-state index in [0.717, 1.165) is 5.56 Å². The van der Waals surface area contributed by atoms with Crippen molar-refractivity contribution in [3.8, 4) is 0 Å². The number of thiophene rings is 1. The van der Waals surface area contributed by atoms with Crippen molar-refractivity contribution < 1.29 is 9.59 Å². The van der Waals surface area contributed by atoms with Crippen LogP contribution in [0.2, 0.25) is 0 Å². The maximum absolute atomic E-state index is 11.5. The topological polar surface area (TPSA) is 70.2 Å². The number of benzene rings is 1. The van der Waals surface area contributed by atoms with Gasteiger partial charge in [0.05, 0.1) is 4.88 Å². The van der Waals surface area contributed by atoms with E-state index in [1.165, 1.54) is 11.3 Å². The predicted octanol–water partition coefficient (Wildman–Crippen LogP) is 1.89. The van der Waals surface area contributed by atoms with Crippen molar-refractivity contribution in [2.45, 2.75) is 6.54 Å². The monoisotopic (exact) mass is 275 g/mol. The summed E-state index contributed by atoms with van der Waals surface area (Å²) in [4.78, 5) is 23.5. The Labute approximate surface area is 114 Å². The van der Waals surface area contributed by atoms with Gasteiger partial charge in [-0.3, -0.25) is 10.2 Å². The lowest BCUT2D eigenvalue weighted by molar-refractivity contribution is 0.0940. The molecule has 5 nitrogen and oxygen atoms in total. The van der Waals surface area contributed by atoms with Crippen LogP contribution in [0.25, 0.3) is 0 Å². The summed E-state index contributed by atoms with van der Waals surface area (Å²) in [5, 5.41) is 4.43. The molecule has 0 saturated heterocycles. The first-order valence-corrected chi connectivity index (χ1v) is 6.55. The van der Waals surface area contributed by atoms with Gasteiger partial charge in [-0.25, -0.2) is 10.2 Å². The number of carbonyl (C=O) groups is 2. The summed E-state index contributed by atoms with van der Waals surface area (Å²) >= 11 is 1.31. The van der Waals surface area contributed by atoms with Crippen molar-refractivity contribution in [2.24, 2.45) is 0 Å². The number of hydrazine groups is 1. The molecule has 0 radical (unpaired) electrons. The molecular weight excluding hydrogens is 262 g/mol. The summed E-state index contributed by atoms with van der Waals surface area (Å²) in [5.74, 6) is -0.329. The number of nitrogens with one attached hydrogen (secondary N) is 3. The molecule has 0 aliphatic rings. The normalized spacial score (nSPS) is 9.68. The van der Waals surface area contributed by atoms with E-state index in [4.69, 9.17) is 0 Å². The molecule has 3 amide bonds. The number of hydrogen-bond acceptors (Lipinski definition) is 3. The molecule has 19 heavy (non-hydrogen) atoms. The van der Waals surface area contributed by atoms with Crippen LogP contribution in [-0.4, -0.2) is 11.9 Å². The Hall–Kier alpha value is -2.34. The highest BCUT2D eigenvalue weighted by Gasteiger charge is 2.07. The lowest BCUT2D eigenvalue weighted by Gasteiger charge is -2.08. The summed E-state index contributed by atoms with van der Waals surface area (Å²) in [7, 11) is 0. The van der Waals surface area contributed by atoms with Gasteiger partial charge >= 0.3 is 6.03 Å². The lowest BCUT2D eigenvalue weighted by Crippen LogP contribution is -2.46. The van der Waals surface area contributed by atoms with E-state index in [0.29, 0.717) is 11.4 Å². The van der Waals surface area contributed by atoms with Crippen LogP contribution in [0.4, 0.5) is 4.79 Å². The van der Waals surface area contributed by atoms with Crippen molar-refractivity contribution in [3.63, 3.8) is 0 Å². The number of amides is 3. The smallest absolute Gasteiger partial charge is 0.333 e. The van der Waals surface area contributed by atoms with Crippen molar-refractivity contribution >= 4 is 23.3 Å². The van der Waals surface area contributed by atoms with Crippen molar-refractivity contribution in [3.05, 3.63) is 58.3 Å². The first-order valence-electron chi connectivity index (χ1n) is 5.67. The summed E-state index contributed by atoms with van der Waals surface area (Å²) < 4.78 is 0. The highest BCUT2D eigenvalue weighted by atomic mass is 32.1. The van der Waals surface area contributed by atoms with E-state index in [9.17, 15) is 9.59 Å². The second-order valence-electron chi connectivity index (χ2n) is 3.72. The van der Waals surface area contributed by atoms with Gasteiger partial charge in [0.2, 0.25) is 0 Å². The molecule has 0 fully saturated rings. The van der Waals surface area contributed by atoms with Gasteiger partial charge in [-0.1, -0.05) is 36.4 Å². The maximum atomic E-state index is 11.5. The largest absolute Gasteiger partial charge is 0.333 e. The van der Waals surface area contributed by atoms with Gasteiger partial charge in [-0.2, -0.15) is 0 Å². The van der Waals surface area contributed by atoms with Crippen molar-refractivity contribution in [1.29, 1.82) is 0 Å². The molecule has 0 atom stereocenters. The van der Waals surface area contributed by atoms with Crippen molar-refractivity contribution in [2.75, 3.05) is 0 Å². The van der Waals surface area contributed by atoms with Crippen molar-refractivity contribution in [1.82, 2.24) is 16.2 Å². The molecule has 98 valence electrons. The molecule has 1 aromatic carbocycles. The van der Waals surface area contributed by atoms with Gasteiger partial charge < -0.3 is 5.32 Å². The third kappa shape index (κ3) is 4.11. The fraction of sp³-hybridized carbons (Fsp3) is 0.0769. The van der Waals surface area contributed by atoms with E-state index in [2.05, 4.69) is 16.2 Å². The number of rotatable bonds is 3. The Morgan fingerprint density at radius 2 is 1.79 bits per heavy atom. The molecule has 6 heteroatoms. The summed E-state index contributed by atoms with van der Waals surface area (Å²) in [6.45, 7) is 0.404. The molecule has 0 unspecified atom stereocenters. The van der Waals surface area contributed by atoms with Gasteiger partial charge in [-0.05, 0) is 17.0 Å². The van der Waals surface area contributed by atoms with Crippen LogP contribution >= 0.6 is 11.3 Å². The first kappa shape index (κ1) is 13.1. The van der Waals surface area contributed by atoms with Crippen LogP contribution in [0, 0.1) is 0 Å². The van der Waals surface area contributed by atoms with Crippen LogP contribution < -0.4 is 16.2 Å². The second-order valence-corrected chi connectivity index (χ2v) is 4.67. The van der Waals surface area contributed by atoms with Crippen LogP contribution in [0.3, 0.4) is 0 Å². The van der Waals surface area contributed by atoms with E-state index >= 15 is 0 Å². The van der Waals surface area contributed by atoms with E-state index in [1.54, 1.807) is 17.5 Å². The summed E-state index contributed by atoms with van der Waals surface area (Å²) in [6.07, 6.45) is 0.